The summed E-state index contributed by atoms with van der Waals surface area (Å²) in [6.45, 7) is 0.201. The second kappa shape index (κ2) is 10.1. The lowest BCUT2D eigenvalue weighted by atomic mass is 10.2. The Balaban J connectivity index is 1.50. The number of nitrogens with one attached hydrogen (secondary N) is 2. The normalized spacial score (nSPS) is 12.6. The molecule has 9 nitrogen and oxygen atoms in total. The van der Waals surface area contributed by atoms with Crippen LogP contribution >= 0.6 is 23.4 Å². The quantitative estimate of drug-likeness (QED) is 0.284. The molecule has 0 spiro atoms. The number of aromatic nitrogens is 2. The van der Waals surface area contributed by atoms with E-state index in [1.807, 2.05) is 0 Å². The van der Waals surface area contributed by atoms with Crippen molar-refractivity contribution in [2.45, 2.75) is 11.6 Å². The fourth-order valence-corrected chi connectivity index (χ4v) is 4.29. The number of anilines is 2. The van der Waals surface area contributed by atoms with Crippen LogP contribution in [0.5, 0.6) is 11.5 Å². The highest BCUT2D eigenvalue weighted by Gasteiger charge is 2.29. The Kier molecular flexibility index (Phi) is 7.03. The molecular weight excluding hydrogens is 485 g/mol. The molecular formula is C22H19ClFN5O4S. The number of hydrogen-bond donors (Lipinski definition) is 2. The van der Waals surface area contributed by atoms with Crippen molar-refractivity contribution in [2.75, 3.05) is 25.0 Å². The summed E-state index contributed by atoms with van der Waals surface area (Å²) in [7, 11) is 3.01. The van der Waals surface area contributed by atoms with E-state index in [4.69, 9.17) is 21.1 Å². The SMILES string of the molecule is COc1ccc(C(=O)NCSc2ncnc3c2CNC(=O)N3c2ccc(F)c(Cl)c2)cc1OC. The Hall–Kier alpha value is -3.57. The van der Waals surface area contributed by atoms with Gasteiger partial charge >= 0.3 is 6.03 Å². The molecule has 12 heteroatoms. The first-order valence-electron chi connectivity index (χ1n) is 9.92. The summed E-state index contributed by atoms with van der Waals surface area (Å²) in [5.41, 5.74) is 1.43. The van der Waals surface area contributed by atoms with Crippen LogP contribution in [0.4, 0.5) is 20.7 Å². The average Bonchev–Trinajstić information content (AvgIpc) is 2.85. The zero-order chi connectivity index (χ0) is 24.2. The van der Waals surface area contributed by atoms with Crippen LogP contribution in [-0.4, -0.2) is 42.0 Å². The van der Waals surface area contributed by atoms with Crippen molar-refractivity contribution in [3.05, 3.63) is 64.7 Å². The maximum Gasteiger partial charge on any atom is 0.327 e. The average molecular weight is 504 g/mol. The number of halogens is 2. The number of fused-ring (bicyclic) bond motifs is 1. The van der Waals surface area contributed by atoms with Gasteiger partial charge in [-0.2, -0.15) is 0 Å². The number of hydrogen-bond acceptors (Lipinski definition) is 7. The van der Waals surface area contributed by atoms with Crippen LogP contribution in [0, 0.1) is 5.82 Å². The van der Waals surface area contributed by atoms with E-state index in [-0.39, 0.29) is 23.4 Å². The van der Waals surface area contributed by atoms with Crippen molar-refractivity contribution < 1.29 is 23.5 Å². The van der Waals surface area contributed by atoms with Gasteiger partial charge in [0, 0.05) is 11.1 Å². The summed E-state index contributed by atoms with van der Waals surface area (Å²) >= 11 is 7.18. The second-order valence-corrected chi connectivity index (χ2v) is 8.31. The summed E-state index contributed by atoms with van der Waals surface area (Å²) in [5.74, 6) is 0.654. The van der Waals surface area contributed by atoms with Crippen molar-refractivity contribution in [1.29, 1.82) is 0 Å². The van der Waals surface area contributed by atoms with Crippen LogP contribution in [0.3, 0.4) is 0 Å². The van der Waals surface area contributed by atoms with Crippen molar-refractivity contribution in [3.8, 4) is 11.5 Å². The number of benzene rings is 2. The van der Waals surface area contributed by atoms with Crippen LogP contribution in [-0.2, 0) is 6.54 Å². The molecule has 4 rings (SSSR count). The number of urea groups is 1. The topological polar surface area (TPSA) is 106 Å². The highest BCUT2D eigenvalue weighted by molar-refractivity contribution is 7.99. The Morgan fingerprint density at radius 3 is 2.74 bits per heavy atom. The van der Waals surface area contributed by atoms with Crippen LogP contribution in [0.25, 0.3) is 0 Å². The molecule has 3 amide bonds. The molecule has 2 aromatic carbocycles. The zero-order valence-corrected chi connectivity index (χ0v) is 19.7. The molecule has 176 valence electrons. The predicted molar refractivity (Wildman–Crippen MR) is 126 cm³/mol. The van der Waals surface area contributed by atoms with Crippen molar-refractivity contribution in [2.24, 2.45) is 0 Å². The van der Waals surface area contributed by atoms with Gasteiger partial charge in [-0.25, -0.2) is 24.1 Å². The van der Waals surface area contributed by atoms with Gasteiger partial charge in [0.25, 0.3) is 5.91 Å². The first-order valence-corrected chi connectivity index (χ1v) is 11.3. The molecule has 3 aromatic rings. The van der Waals surface area contributed by atoms with Gasteiger partial charge < -0.3 is 20.1 Å². The molecule has 0 atom stereocenters. The lowest BCUT2D eigenvalue weighted by molar-refractivity contribution is 0.0960. The molecule has 0 aliphatic carbocycles. The molecule has 2 N–H and O–H groups in total. The molecule has 34 heavy (non-hydrogen) atoms. The second-order valence-electron chi connectivity index (χ2n) is 6.94. The highest BCUT2D eigenvalue weighted by atomic mass is 35.5. The van der Waals surface area contributed by atoms with Gasteiger partial charge in [0.1, 0.15) is 17.2 Å². The zero-order valence-electron chi connectivity index (χ0n) is 18.1. The standard InChI is InChI=1S/C22H19ClFN5O4S/c1-32-17-6-3-12(7-18(17)33-2)20(30)28-11-34-21-14-9-25-22(31)29(19(14)26-10-27-21)13-4-5-16(24)15(23)8-13/h3-8,10H,9,11H2,1-2H3,(H,25,31)(H,28,30). The van der Waals surface area contributed by atoms with E-state index in [1.54, 1.807) is 18.2 Å². The largest absolute Gasteiger partial charge is 0.493 e. The Bertz CT molecular complexity index is 1260. The van der Waals surface area contributed by atoms with Crippen LogP contribution in [0.15, 0.2) is 47.8 Å². The molecule has 0 unspecified atom stereocenters. The van der Waals surface area contributed by atoms with Crippen LogP contribution < -0.4 is 25.0 Å². The van der Waals surface area contributed by atoms with Gasteiger partial charge in [-0.05, 0) is 36.4 Å². The minimum atomic E-state index is -0.591. The number of amides is 3. The maximum atomic E-state index is 13.6. The first kappa shape index (κ1) is 23.6. The molecule has 0 saturated heterocycles. The summed E-state index contributed by atoms with van der Waals surface area (Å²) in [6.07, 6.45) is 1.33. The summed E-state index contributed by atoms with van der Waals surface area (Å²) < 4.78 is 24.0. The molecule has 1 aromatic heterocycles. The van der Waals surface area contributed by atoms with Gasteiger partial charge in [-0.15, -0.1) is 0 Å². The van der Waals surface area contributed by atoms with Gasteiger partial charge in [0.05, 0.1) is 37.4 Å². The number of rotatable bonds is 7. The number of ether oxygens (including phenoxy) is 2. The van der Waals surface area contributed by atoms with E-state index < -0.39 is 11.8 Å². The van der Waals surface area contributed by atoms with Gasteiger partial charge in [-0.3, -0.25) is 4.79 Å². The molecule has 0 bridgehead atoms. The predicted octanol–water partition coefficient (Wildman–Crippen LogP) is 4.13. The number of methoxy groups -OCH3 is 2. The van der Waals surface area contributed by atoms with Crippen LogP contribution in [0.2, 0.25) is 5.02 Å². The Labute approximate surface area is 203 Å². The summed E-state index contributed by atoms with van der Waals surface area (Å²) in [5, 5.41) is 6.04. The number of thioether (sulfide) groups is 1. The maximum absolute atomic E-state index is 13.6. The Morgan fingerprint density at radius 1 is 1.21 bits per heavy atom. The molecule has 1 aliphatic heterocycles. The van der Waals surface area contributed by atoms with Gasteiger partial charge in [-0.1, -0.05) is 23.4 Å². The minimum absolute atomic E-state index is 0.112. The van der Waals surface area contributed by atoms with Gasteiger partial charge in [0.2, 0.25) is 0 Å². The molecule has 2 heterocycles. The third kappa shape index (κ3) is 4.70. The third-order valence-corrected chi connectivity index (χ3v) is 6.17. The number of carbonyl (C=O) groups is 2. The lowest BCUT2D eigenvalue weighted by Crippen LogP contribution is -2.42. The monoisotopic (exact) mass is 503 g/mol. The third-order valence-electron chi connectivity index (χ3n) is 4.96. The van der Waals surface area contributed by atoms with E-state index in [2.05, 4.69) is 20.6 Å². The smallest absolute Gasteiger partial charge is 0.327 e. The fraction of sp³-hybridized carbons (Fsp3) is 0.182. The van der Waals surface area contributed by atoms with Crippen molar-refractivity contribution >= 4 is 46.8 Å². The van der Waals surface area contributed by atoms with Crippen LogP contribution in [0.1, 0.15) is 15.9 Å². The fourth-order valence-electron chi connectivity index (χ4n) is 3.31. The highest BCUT2D eigenvalue weighted by Crippen LogP contribution is 2.35. The van der Waals surface area contributed by atoms with E-state index >= 15 is 0 Å². The number of carbonyl (C=O) groups excluding carboxylic acids is 2. The number of nitrogens with zero attached hydrogens (tertiary/aromatic N) is 3. The van der Waals surface area contributed by atoms with E-state index in [9.17, 15) is 14.0 Å². The molecule has 0 saturated carbocycles. The van der Waals surface area contributed by atoms with Crippen molar-refractivity contribution in [3.63, 3.8) is 0 Å². The summed E-state index contributed by atoms with van der Waals surface area (Å²) in [4.78, 5) is 35.0. The van der Waals surface area contributed by atoms with E-state index in [0.29, 0.717) is 39.2 Å². The van der Waals surface area contributed by atoms with Gasteiger partial charge in [0.15, 0.2) is 17.3 Å². The minimum Gasteiger partial charge on any atom is -0.493 e. The molecule has 0 fully saturated rings. The van der Waals surface area contributed by atoms with E-state index in [1.165, 1.54) is 55.4 Å². The van der Waals surface area contributed by atoms with Crippen molar-refractivity contribution in [1.82, 2.24) is 20.6 Å². The molecule has 1 aliphatic rings. The Morgan fingerprint density at radius 2 is 2.00 bits per heavy atom. The summed E-state index contributed by atoms with van der Waals surface area (Å²) in [6, 6.07) is 8.42. The first-order chi connectivity index (χ1) is 16.4. The molecule has 0 radical (unpaired) electrons. The lowest BCUT2D eigenvalue weighted by Gasteiger charge is -2.29. The van der Waals surface area contributed by atoms with E-state index in [0.717, 1.165) is 0 Å².